The molecule has 1 amide bonds. The first-order valence-electron chi connectivity index (χ1n) is 13.3. The third-order valence-electron chi connectivity index (χ3n) is 8.29. The van der Waals surface area contributed by atoms with Crippen LogP contribution >= 0.6 is 0 Å². The Morgan fingerprint density at radius 1 is 1.24 bits per heavy atom. The average Bonchev–Trinajstić information content (AvgIpc) is 3.35. The van der Waals surface area contributed by atoms with Gasteiger partial charge >= 0.3 is 0 Å². The van der Waals surface area contributed by atoms with Gasteiger partial charge in [0.05, 0.1) is 4.92 Å². The van der Waals surface area contributed by atoms with Crippen molar-refractivity contribution in [1.29, 1.82) is 0 Å². The van der Waals surface area contributed by atoms with Crippen LogP contribution in [0.15, 0.2) is 30.5 Å². The Morgan fingerprint density at radius 3 is 2.68 bits per heavy atom. The Labute approximate surface area is 218 Å². The molecule has 2 fully saturated rings. The van der Waals surface area contributed by atoms with Crippen molar-refractivity contribution in [3.05, 3.63) is 46.3 Å². The molecule has 1 aromatic heterocycles. The second-order valence-electron chi connectivity index (χ2n) is 11.3. The van der Waals surface area contributed by atoms with Crippen molar-refractivity contribution in [2.45, 2.75) is 58.8 Å². The number of carbonyl (C=O) groups excluding carboxylic acids is 2. The maximum Gasteiger partial charge on any atom is 0.270 e. The minimum absolute atomic E-state index is 0.00518. The molecule has 2 aromatic rings. The average molecular weight is 511 g/mol. The molecule has 37 heavy (non-hydrogen) atoms. The first-order valence-corrected chi connectivity index (χ1v) is 13.3. The molecule has 1 saturated carbocycles. The molecule has 1 saturated heterocycles. The van der Waals surface area contributed by atoms with Gasteiger partial charge < -0.3 is 14.6 Å². The van der Waals surface area contributed by atoms with E-state index in [1.165, 1.54) is 12.1 Å². The number of nitrogens with zero attached hydrogens (tertiary/aromatic N) is 3. The van der Waals surface area contributed by atoms with E-state index in [9.17, 15) is 19.7 Å². The number of benzene rings is 1. The highest BCUT2D eigenvalue weighted by Crippen LogP contribution is 2.53. The van der Waals surface area contributed by atoms with Gasteiger partial charge in [-0.3, -0.25) is 19.7 Å². The predicted molar refractivity (Wildman–Crippen MR) is 140 cm³/mol. The molecule has 2 aliphatic rings. The van der Waals surface area contributed by atoms with Crippen LogP contribution in [-0.2, 0) is 20.7 Å². The number of ether oxygens (including phenoxy) is 1. The predicted octanol–water partition coefficient (Wildman–Crippen LogP) is 4.81. The van der Waals surface area contributed by atoms with Gasteiger partial charge in [0.25, 0.3) is 5.69 Å². The number of hydrogen-bond donors (Lipinski definition) is 1. The SMILES string of the molecule is COCC1CCN(C(=O)CCC(=O)[C@H]2CC(C)(C)[C@@H]2CCc2cnc(-c3cccc([N+](=O)[O-])c3)[nH]2)CC1. The number of methoxy groups -OCH3 is 1. The van der Waals surface area contributed by atoms with E-state index in [0.717, 1.165) is 57.5 Å². The van der Waals surface area contributed by atoms with Gasteiger partial charge in [0.15, 0.2) is 0 Å². The topological polar surface area (TPSA) is 118 Å². The molecular weight excluding hydrogens is 472 g/mol. The molecule has 0 spiro atoms. The zero-order chi connectivity index (χ0) is 26.6. The van der Waals surface area contributed by atoms with Crippen LogP contribution < -0.4 is 0 Å². The van der Waals surface area contributed by atoms with Crippen molar-refractivity contribution in [2.75, 3.05) is 26.8 Å². The number of likely N-dealkylation sites (tertiary alicyclic amines) is 1. The summed E-state index contributed by atoms with van der Waals surface area (Å²) in [5.74, 6) is 1.66. The summed E-state index contributed by atoms with van der Waals surface area (Å²) >= 11 is 0. The Morgan fingerprint density at radius 2 is 2.00 bits per heavy atom. The Bertz CT molecular complexity index is 1120. The standard InChI is InChI=1S/C28H38N4O5/c1-28(2)16-23(25(33)9-10-26(34)31-13-11-19(12-14-31)18-37-3)24(28)8-7-21-17-29-27(30-21)20-5-4-6-22(15-20)32(35)36/h4-6,15,17,19,23-24H,7-14,16,18H2,1-3H3,(H,29,30)/t23-,24+/m0/s1. The van der Waals surface area contributed by atoms with Crippen molar-refractivity contribution in [1.82, 2.24) is 14.9 Å². The molecule has 0 radical (unpaired) electrons. The molecule has 2 atom stereocenters. The summed E-state index contributed by atoms with van der Waals surface area (Å²) in [6.07, 6.45) is 6.75. The number of nitrogens with one attached hydrogen (secondary N) is 1. The molecule has 1 aliphatic carbocycles. The Hall–Kier alpha value is -3.07. The molecule has 9 heteroatoms. The summed E-state index contributed by atoms with van der Waals surface area (Å²) in [6, 6.07) is 6.41. The largest absolute Gasteiger partial charge is 0.384 e. The number of aromatic amines is 1. The highest BCUT2D eigenvalue weighted by Gasteiger charge is 2.49. The Balaban J connectivity index is 1.27. The molecule has 1 N–H and O–H groups in total. The van der Waals surface area contributed by atoms with E-state index >= 15 is 0 Å². The number of nitro groups is 1. The van der Waals surface area contributed by atoms with Gasteiger partial charge in [-0.2, -0.15) is 0 Å². The lowest BCUT2D eigenvalue weighted by molar-refractivity contribution is -0.384. The highest BCUT2D eigenvalue weighted by atomic mass is 16.6. The number of nitro benzene ring substituents is 1. The van der Waals surface area contributed by atoms with E-state index in [-0.39, 0.29) is 34.6 Å². The summed E-state index contributed by atoms with van der Waals surface area (Å²) in [6.45, 7) is 6.66. The number of non-ortho nitro benzene ring substituents is 1. The van der Waals surface area contributed by atoms with Crippen molar-refractivity contribution in [3.8, 4) is 11.4 Å². The van der Waals surface area contributed by atoms with Crippen LogP contribution in [0.5, 0.6) is 0 Å². The zero-order valence-corrected chi connectivity index (χ0v) is 22.1. The van der Waals surface area contributed by atoms with E-state index < -0.39 is 4.92 Å². The number of carbonyl (C=O) groups is 2. The van der Waals surface area contributed by atoms with Crippen molar-refractivity contribution >= 4 is 17.4 Å². The minimum Gasteiger partial charge on any atom is -0.384 e. The fourth-order valence-electron chi connectivity index (χ4n) is 6.04. The maximum atomic E-state index is 13.1. The lowest BCUT2D eigenvalue weighted by Crippen LogP contribution is -2.48. The molecule has 4 rings (SSSR count). The number of aromatic nitrogens is 2. The normalized spacial score (nSPS) is 21.4. The fourth-order valence-corrected chi connectivity index (χ4v) is 6.04. The number of amides is 1. The van der Waals surface area contributed by atoms with Crippen LogP contribution in [0.3, 0.4) is 0 Å². The molecule has 0 bridgehead atoms. The summed E-state index contributed by atoms with van der Waals surface area (Å²) in [5.41, 5.74) is 1.73. The zero-order valence-electron chi connectivity index (χ0n) is 22.1. The van der Waals surface area contributed by atoms with Crippen LogP contribution in [0.2, 0.25) is 0 Å². The molecule has 200 valence electrons. The molecule has 9 nitrogen and oxygen atoms in total. The van der Waals surface area contributed by atoms with E-state index in [2.05, 4.69) is 23.8 Å². The lowest BCUT2D eigenvalue weighted by Gasteiger charge is -2.51. The van der Waals surface area contributed by atoms with Gasteiger partial charge in [-0.1, -0.05) is 26.0 Å². The van der Waals surface area contributed by atoms with Gasteiger partial charge in [-0.15, -0.1) is 0 Å². The Kier molecular flexibility index (Phi) is 8.42. The second kappa shape index (κ2) is 11.5. The molecule has 1 aliphatic heterocycles. The number of H-pyrrole nitrogens is 1. The van der Waals surface area contributed by atoms with Crippen LogP contribution in [0, 0.1) is 33.3 Å². The number of hydrogen-bond acceptors (Lipinski definition) is 6. The minimum atomic E-state index is -0.415. The van der Waals surface area contributed by atoms with Crippen LogP contribution in [0.4, 0.5) is 5.69 Å². The first kappa shape index (κ1) is 27.0. The van der Waals surface area contributed by atoms with Gasteiger partial charge in [-0.25, -0.2) is 4.98 Å². The summed E-state index contributed by atoms with van der Waals surface area (Å²) in [7, 11) is 1.71. The smallest absolute Gasteiger partial charge is 0.270 e. The van der Waals surface area contributed by atoms with Crippen molar-refractivity contribution < 1.29 is 19.2 Å². The maximum absolute atomic E-state index is 13.1. The fraction of sp³-hybridized carbons (Fsp3) is 0.607. The van der Waals surface area contributed by atoms with Gasteiger partial charge in [-0.05, 0) is 49.4 Å². The summed E-state index contributed by atoms with van der Waals surface area (Å²) in [5, 5.41) is 11.1. The number of piperidine rings is 1. The molecular formula is C28H38N4O5. The van der Waals surface area contributed by atoms with E-state index in [1.54, 1.807) is 25.4 Å². The van der Waals surface area contributed by atoms with Crippen LogP contribution in [-0.4, -0.2) is 58.3 Å². The number of rotatable bonds is 11. The third kappa shape index (κ3) is 6.44. The number of aryl methyl sites for hydroxylation is 1. The van der Waals surface area contributed by atoms with Crippen LogP contribution in [0.25, 0.3) is 11.4 Å². The van der Waals surface area contributed by atoms with Crippen LogP contribution in [0.1, 0.15) is 58.1 Å². The van der Waals surface area contributed by atoms with Crippen molar-refractivity contribution in [2.24, 2.45) is 23.2 Å². The summed E-state index contributed by atoms with van der Waals surface area (Å²) < 4.78 is 5.23. The number of imidazole rings is 1. The number of Topliss-reactive ketones (excluding diaryl/α,β-unsaturated/α-hetero) is 1. The molecule has 0 unspecified atom stereocenters. The first-order chi connectivity index (χ1) is 17.7. The lowest BCUT2D eigenvalue weighted by atomic mass is 9.53. The van der Waals surface area contributed by atoms with Crippen molar-refractivity contribution in [3.63, 3.8) is 0 Å². The number of ketones is 1. The van der Waals surface area contributed by atoms with E-state index in [1.807, 2.05) is 4.90 Å². The van der Waals surface area contributed by atoms with Gasteiger partial charge in [0.2, 0.25) is 5.91 Å². The van der Waals surface area contributed by atoms with E-state index in [4.69, 9.17) is 4.74 Å². The monoisotopic (exact) mass is 510 g/mol. The van der Waals surface area contributed by atoms with E-state index in [0.29, 0.717) is 30.1 Å². The highest BCUT2D eigenvalue weighted by molar-refractivity contribution is 5.87. The van der Waals surface area contributed by atoms with Gasteiger partial charge in [0.1, 0.15) is 11.6 Å². The second-order valence-corrected chi connectivity index (χ2v) is 11.3. The third-order valence-corrected chi connectivity index (χ3v) is 8.29. The quantitative estimate of drug-likeness (QED) is 0.342. The molecule has 1 aromatic carbocycles. The van der Waals surface area contributed by atoms with Gasteiger partial charge in [0, 0.05) is 75.2 Å². The molecule has 2 heterocycles. The summed E-state index contributed by atoms with van der Waals surface area (Å²) in [4.78, 5) is 46.0.